The predicted octanol–water partition coefficient (Wildman–Crippen LogP) is 2.22. The molecule has 1 heterocycles. The third kappa shape index (κ3) is 3.18. The summed E-state index contributed by atoms with van der Waals surface area (Å²) in [5, 5.41) is 0.207. The first-order chi connectivity index (χ1) is 11.8. The van der Waals surface area contributed by atoms with Gasteiger partial charge in [-0.1, -0.05) is 35.9 Å². The minimum absolute atomic E-state index is 0.0756. The zero-order valence-corrected chi connectivity index (χ0v) is 14.9. The van der Waals surface area contributed by atoms with Crippen LogP contribution in [0.25, 0.3) is 0 Å². The monoisotopic (exact) mass is 378 g/mol. The van der Waals surface area contributed by atoms with Crippen molar-refractivity contribution in [1.82, 2.24) is 9.62 Å². The summed E-state index contributed by atoms with van der Waals surface area (Å²) in [6, 6.07) is 11.2. The standard InChI is InChI=1S/C17H15ClN2O4S/c1-11-5-2-3-8-14(11)25(23,24)19-9-10-20-16(21)12-6-4-7-13(18)15(12)17(20)22/h2-8,19H,9-10H2,1H3. The Morgan fingerprint density at radius 1 is 1.04 bits per heavy atom. The van der Waals surface area contributed by atoms with Gasteiger partial charge in [0.25, 0.3) is 11.8 Å². The van der Waals surface area contributed by atoms with Gasteiger partial charge >= 0.3 is 0 Å². The number of nitrogens with zero attached hydrogens (tertiary/aromatic N) is 1. The fraction of sp³-hybridized carbons (Fsp3) is 0.176. The van der Waals surface area contributed by atoms with E-state index < -0.39 is 21.8 Å². The number of rotatable bonds is 5. The van der Waals surface area contributed by atoms with E-state index in [1.807, 2.05) is 0 Å². The van der Waals surface area contributed by atoms with E-state index >= 15 is 0 Å². The van der Waals surface area contributed by atoms with Crippen LogP contribution in [0, 0.1) is 6.92 Å². The summed E-state index contributed by atoms with van der Waals surface area (Å²) >= 11 is 5.99. The second-order valence-electron chi connectivity index (χ2n) is 5.59. The van der Waals surface area contributed by atoms with Gasteiger partial charge in [0.2, 0.25) is 10.0 Å². The molecule has 6 nitrogen and oxygen atoms in total. The molecular weight excluding hydrogens is 364 g/mol. The zero-order valence-electron chi connectivity index (χ0n) is 13.3. The zero-order chi connectivity index (χ0) is 18.2. The second kappa shape index (κ2) is 6.59. The van der Waals surface area contributed by atoms with E-state index in [4.69, 9.17) is 11.6 Å². The molecule has 0 spiro atoms. The molecule has 25 heavy (non-hydrogen) atoms. The highest BCUT2D eigenvalue weighted by molar-refractivity contribution is 7.89. The quantitative estimate of drug-likeness (QED) is 0.808. The predicted molar refractivity (Wildman–Crippen MR) is 93.2 cm³/mol. The molecule has 0 aliphatic carbocycles. The van der Waals surface area contributed by atoms with E-state index in [-0.39, 0.29) is 34.1 Å². The van der Waals surface area contributed by atoms with Gasteiger partial charge in [-0.3, -0.25) is 14.5 Å². The fourth-order valence-corrected chi connectivity index (χ4v) is 4.24. The number of nitrogens with one attached hydrogen (secondary N) is 1. The number of sulfonamides is 1. The SMILES string of the molecule is Cc1ccccc1S(=O)(=O)NCCN1C(=O)c2cccc(Cl)c2C1=O. The lowest BCUT2D eigenvalue weighted by Crippen LogP contribution is -2.38. The summed E-state index contributed by atoms with van der Waals surface area (Å²) in [5.41, 5.74) is 1.01. The van der Waals surface area contributed by atoms with Gasteiger partial charge in [0.05, 0.1) is 21.0 Å². The number of hydrogen-bond donors (Lipinski definition) is 1. The van der Waals surface area contributed by atoms with Crippen molar-refractivity contribution in [3.8, 4) is 0 Å². The van der Waals surface area contributed by atoms with E-state index in [1.165, 1.54) is 18.2 Å². The summed E-state index contributed by atoms with van der Waals surface area (Å²) in [6.07, 6.45) is 0. The summed E-state index contributed by atoms with van der Waals surface area (Å²) in [4.78, 5) is 25.8. The highest BCUT2D eigenvalue weighted by atomic mass is 35.5. The maximum absolute atomic E-state index is 12.4. The molecule has 130 valence electrons. The van der Waals surface area contributed by atoms with E-state index in [1.54, 1.807) is 31.2 Å². The Kier molecular flexibility index (Phi) is 4.64. The average molecular weight is 379 g/mol. The Hall–Kier alpha value is -2.22. The molecule has 0 aromatic heterocycles. The normalized spacial score (nSPS) is 14.1. The Labute approximate surface area is 150 Å². The molecule has 0 saturated heterocycles. The second-order valence-corrected chi connectivity index (χ2v) is 7.73. The molecule has 0 atom stereocenters. The van der Waals surface area contributed by atoms with Crippen molar-refractivity contribution in [2.45, 2.75) is 11.8 Å². The van der Waals surface area contributed by atoms with Crippen LogP contribution in [0.2, 0.25) is 5.02 Å². The topological polar surface area (TPSA) is 83.6 Å². The van der Waals surface area contributed by atoms with Crippen molar-refractivity contribution in [3.63, 3.8) is 0 Å². The third-order valence-electron chi connectivity index (χ3n) is 3.96. The van der Waals surface area contributed by atoms with Crippen molar-refractivity contribution in [3.05, 3.63) is 64.2 Å². The molecule has 0 bridgehead atoms. The maximum atomic E-state index is 12.4. The molecule has 0 saturated carbocycles. The van der Waals surface area contributed by atoms with Gasteiger partial charge in [-0.05, 0) is 30.7 Å². The van der Waals surface area contributed by atoms with Crippen molar-refractivity contribution in [2.24, 2.45) is 0 Å². The van der Waals surface area contributed by atoms with Crippen LogP contribution < -0.4 is 4.72 Å². The van der Waals surface area contributed by atoms with Crippen LogP contribution in [-0.4, -0.2) is 38.2 Å². The molecular formula is C17H15ClN2O4S. The van der Waals surface area contributed by atoms with E-state index in [2.05, 4.69) is 4.72 Å². The molecule has 0 fully saturated rings. The minimum atomic E-state index is -3.72. The molecule has 2 aromatic carbocycles. The molecule has 1 N–H and O–H groups in total. The number of carbonyl (C=O) groups is 2. The number of amides is 2. The molecule has 1 aliphatic heterocycles. The Morgan fingerprint density at radius 3 is 2.44 bits per heavy atom. The number of hydrogen-bond acceptors (Lipinski definition) is 4. The van der Waals surface area contributed by atoms with Gasteiger partial charge in [0.1, 0.15) is 0 Å². The molecule has 2 amide bonds. The number of aryl methyl sites for hydroxylation is 1. The Bertz CT molecular complexity index is 972. The number of carbonyl (C=O) groups excluding carboxylic acids is 2. The number of fused-ring (bicyclic) bond motifs is 1. The van der Waals surface area contributed by atoms with Gasteiger partial charge in [0, 0.05) is 13.1 Å². The lowest BCUT2D eigenvalue weighted by Gasteiger charge is -2.15. The minimum Gasteiger partial charge on any atom is -0.273 e. The first-order valence-corrected chi connectivity index (χ1v) is 9.39. The molecule has 1 aliphatic rings. The average Bonchev–Trinajstić information content (AvgIpc) is 2.81. The van der Waals surface area contributed by atoms with E-state index in [0.717, 1.165) is 4.90 Å². The molecule has 0 radical (unpaired) electrons. The highest BCUT2D eigenvalue weighted by Gasteiger charge is 2.36. The Balaban J connectivity index is 1.72. The van der Waals surface area contributed by atoms with Crippen LogP contribution >= 0.6 is 11.6 Å². The summed E-state index contributed by atoms with van der Waals surface area (Å²) < 4.78 is 27.1. The fourth-order valence-electron chi connectivity index (χ4n) is 2.72. The van der Waals surface area contributed by atoms with Gasteiger partial charge in [-0.25, -0.2) is 13.1 Å². The first kappa shape index (κ1) is 17.6. The van der Waals surface area contributed by atoms with Crippen molar-refractivity contribution in [2.75, 3.05) is 13.1 Å². The maximum Gasteiger partial charge on any atom is 0.263 e. The number of halogens is 1. The van der Waals surface area contributed by atoms with Crippen LogP contribution in [0.15, 0.2) is 47.4 Å². The van der Waals surface area contributed by atoms with Crippen molar-refractivity contribution < 1.29 is 18.0 Å². The van der Waals surface area contributed by atoms with Crippen LogP contribution in [0.4, 0.5) is 0 Å². The van der Waals surface area contributed by atoms with Gasteiger partial charge in [-0.15, -0.1) is 0 Å². The summed E-state index contributed by atoms with van der Waals surface area (Å²) in [7, 11) is -3.72. The van der Waals surface area contributed by atoms with Crippen molar-refractivity contribution >= 4 is 33.4 Å². The third-order valence-corrected chi connectivity index (χ3v) is 5.90. The molecule has 3 rings (SSSR count). The van der Waals surface area contributed by atoms with Crippen LogP contribution in [0.1, 0.15) is 26.3 Å². The molecule has 0 unspecified atom stereocenters. The smallest absolute Gasteiger partial charge is 0.263 e. The number of imide groups is 1. The van der Waals surface area contributed by atoms with E-state index in [0.29, 0.717) is 5.56 Å². The van der Waals surface area contributed by atoms with Crippen LogP contribution in [0.5, 0.6) is 0 Å². The lowest BCUT2D eigenvalue weighted by molar-refractivity contribution is 0.0657. The largest absolute Gasteiger partial charge is 0.273 e. The van der Waals surface area contributed by atoms with E-state index in [9.17, 15) is 18.0 Å². The van der Waals surface area contributed by atoms with Gasteiger partial charge in [0.15, 0.2) is 0 Å². The van der Waals surface area contributed by atoms with Gasteiger partial charge < -0.3 is 0 Å². The van der Waals surface area contributed by atoms with Gasteiger partial charge in [-0.2, -0.15) is 0 Å². The molecule has 8 heteroatoms. The Morgan fingerprint density at radius 2 is 1.76 bits per heavy atom. The summed E-state index contributed by atoms with van der Waals surface area (Å²) in [6.45, 7) is 1.54. The first-order valence-electron chi connectivity index (χ1n) is 7.53. The molecule has 2 aromatic rings. The number of benzene rings is 2. The van der Waals surface area contributed by atoms with Crippen LogP contribution in [0.3, 0.4) is 0 Å². The lowest BCUT2D eigenvalue weighted by atomic mass is 10.1. The highest BCUT2D eigenvalue weighted by Crippen LogP contribution is 2.28. The van der Waals surface area contributed by atoms with Crippen LogP contribution in [-0.2, 0) is 10.0 Å². The summed E-state index contributed by atoms with van der Waals surface area (Å²) in [5.74, 6) is -0.988. The van der Waals surface area contributed by atoms with Crippen molar-refractivity contribution in [1.29, 1.82) is 0 Å².